The number of thioether (sulfide) groups is 1. The molecule has 7 heteroatoms. The number of amides is 1. The molecule has 2 aliphatic rings. The van der Waals surface area contributed by atoms with Gasteiger partial charge in [0.05, 0.1) is 5.03 Å². The maximum Gasteiger partial charge on any atom is 0.225 e. The van der Waals surface area contributed by atoms with Crippen LogP contribution in [0, 0.1) is 5.92 Å². The van der Waals surface area contributed by atoms with E-state index in [-0.39, 0.29) is 5.92 Å². The average Bonchev–Trinajstić information content (AvgIpc) is 2.82. The number of aromatic nitrogens is 2. The molecule has 2 saturated heterocycles. The molecule has 2 aromatic rings. The summed E-state index contributed by atoms with van der Waals surface area (Å²) in [6.07, 6.45) is 7.60. The summed E-state index contributed by atoms with van der Waals surface area (Å²) in [6, 6.07) is 9.99. The lowest BCUT2D eigenvalue weighted by atomic mass is 9.94. The molecule has 4 heterocycles. The highest BCUT2D eigenvalue weighted by molar-refractivity contribution is 7.99. The van der Waals surface area contributed by atoms with E-state index in [0.29, 0.717) is 17.0 Å². The fraction of sp³-hybridized carbons (Fsp3) is 0.542. The number of rotatable bonds is 5. The zero-order valence-corrected chi connectivity index (χ0v) is 19.6. The summed E-state index contributed by atoms with van der Waals surface area (Å²) in [5.41, 5.74) is 6.97. The van der Waals surface area contributed by atoms with E-state index in [1.54, 1.807) is 6.20 Å². The summed E-state index contributed by atoms with van der Waals surface area (Å²) in [5.74, 6) is 1.10. The van der Waals surface area contributed by atoms with Crippen LogP contribution in [-0.4, -0.2) is 57.1 Å². The Morgan fingerprint density at radius 2 is 1.77 bits per heavy atom. The van der Waals surface area contributed by atoms with Crippen molar-refractivity contribution < 1.29 is 4.79 Å². The van der Waals surface area contributed by atoms with Gasteiger partial charge in [-0.1, -0.05) is 19.9 Å². The number of carbonyl (C=O) groups is 1. The molecule has 0 unspecified atom stereocenters. The Morgan fingerprint density at radius 1 is 1.03 bits per heavy atom. The first-order chi connectivity index (χ1) is 15.2. The normalized spacial score (nSPS) is 18.3. The van der Waals surface area contributed by atoms with E-state index in [2.05, 4.69) is 25.8 Å². The third-order valence-electron chi connectivity index (χ3n) is 5.87. The fourth-order valence-corrected chi connectivity index (χ4v) is 5.30. The van der Waals surface area contributed by atoms with Crippen molar-refractivity contribution in [1.29, 1.82) is 0 Å². The third kappa shape index (κ3) is 6.94. The molecule has 0 spiro atoms. The molecule has 0 radical (unpaired) electrons. The van der Waals surface area contributed by atoms with Crippen LogP contribution < -0.4 is 5.73 Å². The van der Waals surface area contributed by atoms with E-state index in [1.807, 2.05) is 56.1 Å². The number of likely N-dealkylation sites (tertiary alicyclic amines) is 2. The zero-order valence-electron chi connectivity index (χ0n) is 18.7. The van der Waals surface area contributed by atoms with Gasteiger partial charge in [0, 0.05) is 43.2 Å². The van der Waals surface area contributed by atoms with E-state index in [4.69, 9.17) is 5.73 Å². The van der Waals surface area contributed by atoms with Crippen molar-refractivity contribution in [2.24, 2.45) is 5.92 Å². The highest BCUT2D eigenvalue weighted by Crippen LogP contribution is 2.30. The maximum absolute atomic E-state index is 13.0. The van der Waals surface area contributed by atoms with E-state index in [9.17, 15) is 4.79 Å². The Kier molecular flexibility index (Phi) is 9.15. The number of hydrogen-bond acceptors (Lipinski definition) is 6. The second-order valence-electron chi connectivity index (χ2n) is 7.95. The number of pyridine rings is 2. The molecule has 0 aromatic carbocycles. The molecule has 31 heavy (non-hydrogen) atoms. The first-order valence-electron chi connectivity index (χ1n) is 11.5. The Hall–Kier alpha value is -2.12. The third-order valence-corrected chi connectivity index (χ3v) is 7.16. The van der Waals surface area contributed by atoms with Gasteiger partial charge < -0.3 is 10.6 Å². The number of anilines is 1. The molecule has 6 nitrogen and oxygen atoms in total. The van der Waals surface area contributed by atoms with Crippen LogP contribution in [0.3, 0.4) is 0 Å². The molecular formula is C24H35N5OS. The lowest BCUT2D eigenvalue weighted by Crippen LogP contribution is -2.45. The smallest absolute Gasteiger partial charge is 0.225 e. The van der Waals surface area contributed by atoms with Gasteiger partial charge in [0.1, 0.15) is 5.82 Å². The fourth-order valence-electron chi connectivity index (χ4n) is 4.23. The van der Waals surface area contributed by atoms with Crippen LogP contribution >= 0.6 is 11.8 Å². The second-order valence-corrected chi connectivity index (χ2v) is 9.27. The van der Waals surface area contributed by atoms with Crippen LogP contribution in [-0.2, 0) is 11.3 Å². The van der Waals surface area contributed by atoms with Crippen molar-refractivity contribution in [2.45, 2.75) is 56.4 Å². The molecule has 0 aliphatic carbocycles. The van der Waals surface area contributed by atoms with Crippen LogP contribution in [0.2, 0.25) is 0 Å². The number of nitrogens with zero attached hydrogens (tertiary/aromatic N) is 4. The number of carbonyl (C=O) groups excluding carboxylic acids is 1. The summed E-state index contributed by atoms with van der Waals surface area (Å²) < 4.78 is 0. The predicted octanol–water partition coefficient (Wildman–Crippen LogP) is 4.08. The Bertz CT molecular complexity index is 803. The summed E-state index contributed by atoms with van der Waals surface area (Å²) in [7, 11) is 0. The molecule has 168 valence electrons. The molecule has 0 saturated carbocycles. The predicted molar refractivity (Wildman–Crippen MR) is 128 cm³/mol. The Labute approximate surface area is 190 Å². The Balaban J connectivity index is 0.00000132. The van der Waals surface area contributed by atoms with Crippen molar-refractivity contribution >= 4 is 23.5 Å². The number of hydrogen-bond donors (Lipinski definition) is 1. The van der Waals surface area contributed by atoms with Crippen LogP contribution in [0.1, 0.15) is 45.1 Å². The van der Waals surface area contributed by atoms with Gasteiger partial charge >= 0.3 is 0 Å². The lowest BCUT2D eigenvalue weighted by molar-refractivity contribution is -0.138. The molecule has 2 N–H and O–H groups in total. The van der Waals surface area contributed by atoms with Crippen molar-refractivity contribution in [3.05, 3.63) is 48.3 Å². The number of nitrogens with two attached hydrogens (primary N) is 1. The molecule has 2 fully saturated rings. The van der Waals surface area contributed by atoms with E-state index >= 15 is 0 Å². The van der Waals surface area contributed by atoms with Crippen LogP contribution in [0.25, 0.3) is 0 Å². The zero-order chi connectivity index (χ0) is 22.1. The van der Waals surface area contributed by atoms with Gasteiger partial charge in [0.2, 0.25) is 5.91 Å². The number of nitrogen functional groups attached to an aromatic ring is 1. The molecule has 1 amide bonds. The van der Waals surface area contributed by atoms with Crippen molar-refractivity contribution in [2.75, 3.05) is 31.9 Å². The number of piperidine rings is 2. The maximum atomic E-state index is 13.0. The van der Waals surface area contributed by atoms with Crippen LogP contribution in [0.5, 0.6) is 0 Å². The molecule has 0 atom stereocenters. The van der Waals surface area contributed by atoms with Gasteiger partial charge in [0.25, 0.3) is 0 Å². The summed E-state index contributed by atoms with van der Waals surface area (Å²) in [5, 5.41) is 1.64. The largest absolute Gasteiger partial charge is 0.384 e. The molecule has 2 aliphatic heterocycles. The lowest BCUT2D eigenvalue weighted by Gasteiger charge is -2.37. The van der Waals surface area contributed by atoms with Crippen molar-refractivity contribution in [3.8, 4) is 0 Å². The van der Waals surface area contributed by atoms with Gasteiger partial charge in [-0.2, -0.15) is 0 Å². The Morgan fingerprint density at radius 3 is 2.42 bits per heavy atom. The van der Waals surface area contributed by atoms with Crippen molar-refractivity contribution in [1.82, 2.24) is 19.8 Å². The van der Waals surface area contributed by atoms with Crippen molar-refractivity contribution in [3.63, 3.8) is 0 Å². The standard InChI is InChI=1S/C22H29N5OS.C2H6/c23-20-15-17(4-10-24-20)16-26-11-5-18(6-12-26)22(28)27-13-7-19(8-14-27)29-21-3-1-2-9-25-21;1-2/h1-4,9-10,15,18-19H,5-8,11-14,16H2,(H2,23,24);1-2H3. The second kappa shape index (κ2) is 12.1. The topological polar surface area (TPSA) is 75.3 Å². The van der Waals surface area contributed by atoms with Gasteiger partial charge in [0.15, 0.2) is 0 Å². The first kappa shape index (κ1) is 23.5. The van der Waals surface area contributed by atoms with Crippen LogP contribution in [0.4, 0.5) is 5.82 Å². The van der Waals surface area contributed by atoms with Gasteiger partial charge in [-0.25, -0.2) is 9.97 Å². The average molecular weight is 442 g/mol. The first-order valence-corrected chi connectivity index (χ1v) is 12.3. The monoisotopic (exact) mass is 441 g/mol. The van der Waals surface area contributed by atoms with E-state index in [0.717, 1.165) is 63.4 Å². The highest BCUT2D eigenvalue weighted by atomic mass is 32.2. The van der Waals surface area contributed by atoms with E-state index in [1.165, 1.54) is 5.56 Å². The van der Waals surface area contributed by atoms with Gasteiger partial charge in [-0.15, -0.1) is 11.8 Å². The minimum absolute atomic E-state index is 0.175. The SMILES string of the molecule is CC.Nc1cc(CN2CCC(C(=O)N3CCC(Sc4ccccn4)CC3)CC2)ccn1. The minimum Gasteiger partial charge on any atom is -0.384 e. The molecular weight excluding hydrogens is 406 g/mol. The molecule has 4 rings (SSSR count). The quantitative estimate of drug-likeness (QED) is 0.753. The molecule has 0 bridgehead atoms. The van der Waals surface area contributed by atoms with E-state index < -0.39 is 0 Å². The molecule has 2 aromatic heterocycles. The summed E-state index contributed by atoms with van der Waals surface area (Å²) in [4.78, 5) is 26.0. The summed E-state index contributed by atoms with van der Waals surface area (Å²) >= 11 is 1.85. The van der Waals surface area contributed by atoms with Gasteiger partial charge in [-0.05, 0) is 68.6 Å². The van der Waals surface area contributed by atoms with Crippen LogP contribution in [0.15, 0.2) is 47.8 Å². The summed E-state index contributed by atoms with van der Waals surface area (Å²) in [6.45, 7) is 8.55. The highest BCUT2D eigenvalue weighted by Gasteiger charge is 2.31. The minimum atomic E-state index is 0.175. The van der Waals surface area contributed by atoms with Gasteiger partial charge in [-0.3, -0.25) is 9.69 Å².